The molecule has 156 valence electrons. The van der Waals surface area contributed by atoms with E-state index in [9.17, 15) is 9.59 Å². The lowest BCUT2D eigenvalue weighted by molar-refractivity contribution is -0.122. The van der Waals surface area contributed by atoms with E-state index < -0.39 is 0 Å². The van der Waals surface area contributed by atoms with Crippen molar-refractivity contribution >= 4 is 11.7 Å². The molecule has 4 rings (SSSR count). The zero-order chi connectivity index (χ0) is 21.3. The van der Waals surface area contributed by atoms with Gasteiger partial charge in [0.25, 0.3) is 0 Å². The first-order valence-corrected chi connectivity index (χ1v) is 9.96. The number of carbonyl (C=O) groups excluding carboxylic acids is 2. The van der Waals surface area contributed by atoms with Crippen LogP contribution in [0.25, 0.3) is 0 Å². The standard InChI is InChI=1S/C24H25NO5/c1-28-20-11-16(12-21(29-2)24(20)30-3)17-13-22(27)25-18-9-15(10-19(26)23(17)18)14-7-5-4-6-8-14/h4-8,11-12,15,17H,9-10,13H2,1-3H3,(H,25,27). The van der Waals surface area contributed by atoms with Crippen molar-refractivity contribution in [1.82, 2.24) is 5.32 Å². The molecule has 2 aliphatic rings. The Kier molecular flexibility index (Phi) is 5.48. The highest BCUT2D eigenvalue weighted by Gasteiger charge is 2.38. The van der Waals surface area contributed by atoms with Gasteiger partial charge >= 0.3 is 0 Å². The Morgan fingerprint density at radius 3 is 2.10 bits per heavy atom. The minimum absolute atomic E-state index is 0.0661. The molecule has 0 saturated heterocycles. The predicted octanol–water partition coefficient (Wildman–Crippen LogP) is 3.72. The van der Waals surface area contributed by atoms with E-state index in [0.29, 0.717) is 35.7 Å². The van der Waals surface area contributed by atoms with Crippen LogP contribution < -0.4 is 19.5 Å². The first-order chi connectivity index (χ1) is 14.5. The molecular formula is C24H25NO5. The van der Waals surface area contributed by atoms with Crippen LogP contribution in [0.4, 0.5) is 0 Å². The number of nitrogens with one attached hydrogen (secondary N) is 1. The van der Waals surface area contributed by atoms with E-state index in [1.807, 2.05) is 42.5 Å². The molecule has 0 spiro atoms. The Hall–Kier alpha value is -3.28. The van der Waals surface area contributed by atoms with E-state index in [4.69, 9.17) is 14.2 Å². The largest absolute Gasteiger partial charge is 0.493 e. The fourth-order valence-electron chi connectivity index (χ4n) is 4.51. The molecule has 2 unspecified atom stereocenters. The van der Waals surface area contributed by atoms with E-state index >= 15 is 0 Å². The maximum atomic E-state index is 13.2. The number of rotatable bonds is 5. The number of carbonyl (C=O) groups is 2. The van der Waals surface area contributed by atoms with Crippen molar-refractivity contribution in [3.63, 3.8) is 0 Å². The number of hydrogen-bond donors (Lipinski definition) is 1. The zero-order valence-corrected chi connectivity index (χ0v) is 17.4. The maximum Gasteiger partial charge on any atom is 0.225 e. The number of ketones is 1. The van der Waals surface area contributed by atoms with Gasteiger partial charge in [-0.05, 0) is 35.6 Å². The quantitative estimate of drug-likeness (QED) is 0.818. The highest BCUT2D eigenvalue weighted by atomic mass is 16.5. The smallest absolute Gasteiger partial charge is 0.225 e. The summed E-state index contributed by atoms with van der Waals surface area (Å²) in [5.74, 6) is 1.20. The molecule has 1 amide bonds. The highest BCUT2D eigenvalue weighted by molar-refractivity contribution is 6.02. The third-order valence-corrected chi connectivity index (χ3v) is 5.90. The summed E-state index contributed by atoms with van der Waals surface area (Å²) in [6.07, 6.45) is 1.27. The van der Waals surface area contributed by atoms with E-state index in [1.165, 1.54) is 0 Å². The van der Waals surface area contributed by atoms with Crippen LogP contribution >= 0.6 is 0 Å². The second kappa shape index (κ2) is 8.22. The summed E-state index contributed by atoms with van der Waals surface area (Å²) in [4.78, 5) is 25.8. The van der Waals surface area contributed by atoms with Crippen molar-refractivity contribution in [2.45, 2.75) is 31.1 Å². The first kappa shape index (κ1) is 20.0. The maximum absolute atomic E-state index is 13.2. The number of benzene rings is 2. The van der Waals surface area contributed by atoms with Crippen LogP contribution in [0.2, 0.25) is 0 Å². The summed E-state index contributed by atoms with van der Waals surface area (Å²) >= 11 is 0. The predicted molar refractivity (Wildman–Crippen MR) is 112 cm³/mol. The van der Waals surface area contributed by atoms with Crippen LogP contribution in [0.5, 0.6) is 17.2 Å². The minimum Gasteiger partial charge on any atom is -0.493 e. The second-order valence-electron chi connectivity index (χ2n) is 7.59. The van der Waals surface area contributed by atoms with Crippen LogP contribution in [-0.4, -0.2) is 33.0 Å². The highest BCUT2D eigenvalue weighted by Crippen LogP contribution is 2.46. The molecule has 6 heteroatoms. The molecule has 0 saturated carbocycles. The molecule has 0 radical (unpaired) electrons. The lowest BCUT2D eigenvalue weighted by Gasteiger charge is -2.34. The van der Waals surface area contributed by atoms with E-state index in [0.717, 1.165) is 16.8 Å². The Morgan fingerprint density at radius 2 is 1.50 bits per heavy atom. The number of allylic oxidation sites excluding steroid dienone is 2. The SMILES string of the molecule is COc1cc(C2CC(=O)NC3=C2C(=O)CC(c2ccccc2)C3)cc(OC)c1OC. The third kappa shape index (κ3) is 3.54. The molecule has 2 aromatic carbocycles. The third-order valence-electron chi connectivity index (χ3n) is 5.90. The summed E-state index contributed by atoms with van der Waals surface area (Å²) in [6, 6.07) is 13.6. The van der Waals surface area contributed by atoms with Gasteiger partial charge in [-0.2, -0.15) is 0 Å². The van der Waals surface area contributed by atoms with Gasteiger partial charge in [0.15, 0.2) is 17.3 Å². The lowest BCUT2D eigenvalue weighted by atomic mass is 9.73. The van der Waals surface area contributed by atoms with Crippen molar-refractivity contribution < 1.29 is 23.8 Å². The fourth-order valence-corrected chi connectivity index (χ4v) is 4.51. The second-order valence-corrected chi connectivity index (χ2v) is 7.59. The molecule has 0 bridgehead atoms. The van der Waals surface area contributed by atoms with E-state index in [1.54, 1.807) is 21.3 Å². The monoisotopic (exact) mass is 407 g/mol. The average Bonchev–Trinajstić information content (AvgIpc) is 2.77. The molecule has 2 atom stereocenters. The molecule has 1 aliphatic heterocycles. The Balaban J connectivity index is 1.77. The summed E-state index contributed by atoms with van der Waals surface area (Å²) in [5, 5.41) is 2.96. The topological polar surface area (TPSA) is 73.9 Å². The number of hydrogen-bond acceptors (Lipinski definition) is 5. The Bertz CT molecular complexity index is 987. The number of Topliss-reactive ketones (excluding diaryl/α,β-unsaturated/α-hetero) is 1. The van der Waals surface area contributed by atoms with Crippen LogP contribution in [0, 0.1) is 0 Å². The number of methoxy groups -OCH3 is 3. The van der Waals surface area contributed by atoms with Gasteiger partial charge in [-0.3, -0.25) is 9.59 Å². The molecule has 1 heterocycles. The van der Waals surface area contributed by atoms with Gasteiger partial charge < -0.3 is 19.5 Å². The van der Waals surface area contributed by atoms with Crippen LogP contribution in [0.15, 0.2) is 53.7 Å². The van der Waals surface area contributed by atoms with Gasteiger partial charge in [-0.15, -0.1) is 0 Å². The van der Waals surface area contributed by atoms with E-state index in [2.05, 4.69) is 5.32 Å². The van der Waals surface area contributed by atoms with Gasteiger partial charge in [0.05, 0.1) is 21.3 Å². The molecule has 0 aromatic heterocycles. The molecule has 0 fully saturated rings. The molecule has 2 aromatic rings. The van der Waals surface area contributed by atoms with Crippen LogP contribution in [-0.2, 0) is 9.59 Å². The number of ether oxygens (including phenoxy) is 3. The van der Waals surface area contributed by atoms with Crippen molar-refractivity contribution in [3.05, 3.63) is 64.9 Å². The zero-order valence-electron chi connectivity index (χ0n) is 17.4. The summed E-state index contributed by atoms with van der Waals surface area (Å²) in [5.41, 5.74) is 3.34. The van der Waals surface area contributed by atoms with Gasteiger partial charge in [0, 0.05) is 30.0 Å². The molecule has 30 heavy (non-hydrogen) atoms. The molecule has 6 nitrogen and oxygen atoms in total. The molecular weight excluding hydrogens is 382 g/mol. The van der Waals surface area contributed by atoms with Crippen molar-refractivity contribution in [3.8, 4) is 17.2 Å². The van der Waals surface area contributed by atoms with E-state index in [-0.39, 0.29) is 29.9 Å². The van der Waals surface area contributed by atoms with Gasteiger partial charge in [0.1, 0.15) is 0 Å². The fraction of sp³-hybridized carbons (Fsp3) is 0.333. The van der Waals surface area contributed by atoms with Crippen LogP contribution in [0.1, 0.15) is 42.2 Å². The summed E-state index contributed by atoms with van der Waals surface area (Å²) in [7, 11) is 4.65. The lowest BCUT2D eigenvalue weighted by Crippen LogP contribution is -2.38. The van der Waals surface area contributed by atoms with Gasteiger partial charge in [-0.25, -0.2) is 0 Å². The normalized spacial score (nSPS) is 21.0. The van der Waals surface area contributed by atoms with Gasteiger partial charge in [-0.1, -0.05) is 30.3 Å². The summed E-state index contributed by atoms with van der Waals surface area (Å²) in [6.45, 7) is 0. The Morgan fingerprint density at radius 1 is 0.833 bits per heavy atom. The van der Waals surface area contributed by atoms with Crippen molar-refractivity contribution in [2.24, 2.45) is 0 Å². The van der Waals surface area contributed by atoms with Gasteiger partial charge in [0.2, 0.25) is 11.7 Å². The molecule has 1 N–H and O–H groups in total. The Labute approximate surface area is 175 Å². The summed E-state index contributed by atoms with van der Waals surface area (Å²) < 4.78 is 16.3. The van der Waals surface area contributed by atoms with Crippen LogP contribution in [0.3, 0.4) is 0 Å². The minimum atomic E-state index is -0.341. The van der Waals surface area contributed by atoms with Crippen molar-refractivity contribution in [1.29, 1.82) is 0 Å². The first-order valence-electron chi connectivity index (χ1n) is 9.96. The molecule has 1 aliphatic carbocycles. The average molecular weight is 407 g/mol. The number of amides is 1. The van der Waals surface area contributed by atoms with Crippen molar-refractivity contribution in [2.75, 3.05) is 21.3 Å².